The van der Waals surface area contributed by atoms with Gasteiger partial charge in [0.15, 0.2) is 0 Å². The lowest BCUT2D eigenvalue weighted by molar-refractivity contribution is 0.645. The summed E-state index contributed by atoms with van der Waals surface area (Å²) < 4.78 is 0. The average molecular weight is 217 g/mol. The molecule has 0 saturated carbocycles. The molecule has 0 unspecified atom stereocenters. The maximum absolute atomic E-state index is 4.59. The fourth-order valence-corrected chi connectivity index (χ4v) is 2.71. The van der Waals surface area contributed by atoms with Crippen LogP contribution in [0.25, 0.3) is 0 Å². The van der Waals surface area contributed by atoms with E-state index in [0.717, 1.165) is 12.4 Å². The van der Waals surface area contributed by atoms with Crippen LogP contribution in [-0.4, -0.2) is 24.6 Å². The van der Waals surface area contributed by atoms with Gasteiger partial charge in [-0.25, -0.2) is 4.98 Å². The molecular weight excluding hydrogens is 198 g/mol. The summed E-state index contributed by atoms with van der Waals surface area (Å²) in [5.74, 6) is 1.15. The quantitative estimate of drug-likeness (QED) is 0.822. The van der Waals surface area contributed by atoms with Crippen molar-refractivity contribution < 1.29 is 0 Å². The highest BCUT2D eigenvalue weighted by atomic mass is 15.2. The maximum Gasteiger partial charge on any atom is 0.128 e. The first kappa shape index (κ1) is 10.1. The number of anilines is 1. The lowest BCUT2D eigenvalue weighted by Crippen LogP contribution is -2.19. The maximum atomic E-state index is 4.59. The molecule has 1 aromatic heterocycles. The van der Waals surface area contributed by atoms with Crippen molar-refractivity contribution in [2.45, 2.75) is 31.7 Å². The summed E-state index contributed by atoms with van der Waals surface area (Å²) in [6.45, 7) is 3.50. The lowest BCUT2D eigenvalue weighted by atomic mass is 10.1. The summed E-state index contributed by atoms with van der Waals surface area (Å²) in [7, 11) is 0. The highest BCUT2D eigenvalue weighted by molar-refractivity contribution is 5.40. The summed E-state index contributed by atoms with van der Waals surface area (Å²) in [6.07, 6.45) is 7.22. The minimum Gasteiger partial charge on any atom is -0.357 e. The van der Waals surface area contributed by atoms with Crippen molar-refractivity contribution in [3.05, 3.63) is 23.9 Å². The van der Waals surface area contributed by atoms with E-state index in [1.54, 1.807) is 0 Å². The van der Waals surface area contributed by atoms with Gasteiger partial charge in [-0.3, -0.25) is 0 Å². The average Bonchev–Trinajstić information content (AvgIpc) is 3.03. The minimum atomic E-state index is 0.542. The Kier molecular flexibility index (Phi) is 2.79. The van der Waals surface area contributed by atoms with Crippen molar-refractivity contribution in [3.8, 4) is 0 Å². The molecule has 3 nitrogen and oxygen atoms in total. The lowest BCUT2D eigenvalue weighted by Gasteiger charge is -2.17. The normalized spacial score (nSPS) is 25.2. The Morgan fingerprint density at radius 1 is 1.19 bits per heavy atom. The summed E-state index contributed by atoms with van der Waals surface area (Å²) in [6, 6.07) is 4.96. The van der Waals surface area contributed by atoms with Crippen molar-refractivity contribution >= 4 is 5.82 Å². The summed E-state index contributed by atoms with van der Waals surface area (Å²) >= 11 is 0. The minimum absolute atomic E-state index is 0.542. The standard InChI is InChI=1S/C13H19N3/c1-2-9-16(8-1)13-6-5-11(10-15-13)12-4-3-7-14-12/h5-6,10,12,14H,1-4,7-9H2/t12-/m0/s1. The summed E-state index contributed by atoms with van der Waals surface area (Å²) in [5.41, 5.74) is 1.35. The van der Waals surface area contributed by atoms with Gasteiger partial charge in [0.2, 0.25) is 0 Å². The number of aromatic nitrogens is 1. The molecule has 3 rings (SSSR count). The number of nitrogens with one attached hydrogen (secondary N) is 1. The molecule has 0 aliphatic carbocycles. The van der Waals surface area contributed by atoms with Gasteiger partial charge >= 0.3 is 0 Å². The molecule has 2 aliphatic heterocycles. The highest BCUT2D eigenvalue weighted by Crippen LogP contribution is 2.24. The second-order valence-electron chi connectivity index (χ2n) is 4.79. The molecule has 1 aromatic rings. The van der Waals surface area contributed by atoms with Gasteiger partial charge in [0.05, 0.1) is 0 Å². The van der Waals surface area contributed by atoms with Crippen LogP contribution < -0.4 is 10.2 Å². The van der Waals surface area contributed by atoms with Crippen molar-refractivity contribution in [1.29, 1.82) is 0 Å². The molecule has 0 aromatic carbocycles. The topological polar surface area (TPSA) is 28.2 Å². The van der Waals surface area contributed by atoms with Crippen LogP contribution in [-0.2, 0) is 0 Å². The molecule has 86 valence electrons. The van der Waals surface area contributed by atoms with Crippen LogP contribution in [0.15, 0.2) is 18.3 Å². The molecule has 3 heterocycles. The molecule has 0 bridgehead atoms. The van der Waals surface area contributed by atoms with Gasteiger partial charge in [-0.1, -0.05) is 6.07 Å². The zero-order chi connectivity index (χ0) is 10.8. The van der Waals surface area contributed by atoms with Crippen molar-refractivity contribution in [2.75, 3.05) is 24.5 Å². The number of hydrogen-bond acceptors (Lipinski definition) is 3. The van der Waals surface area contributed by atoms with Crippen LogP contribution >= 0.6 is 0 Å². The van der Waals surface area contributed by atoms with Crippen LogP contribution in [0, 0.1) is 0 Å². The number of nitrogens with zero attached hydrogens (tertiary/aromatic N) is 2. The van der Waals surface area contributed by atoms with Crippen molar-refractivity contribution in [2.24, 2.45) is 0 Å². The van der Waals surface area contributed by atoms with Gasteiger partial charge in [0.25, 0.3) is 0 Å². The van der Waals surface area contributed by atoms with Crippen molar-refractivity contribution in [3.63, 3.8) is 0 Å². The smallest absolute Gasteiger partial charge is 0.128 e. The van der Waals surface area contributed by atoms with Crippen LogP contribution in [0.4, 0.5) is 5.82 Å². The predicted octanol–water partition coefficient (Wildman–Crippen LogP) is 2.11. The Morgan fingerprint density at radius 2 is 2.06 bits per heavy atom. The van der Waals surface area contributed by atoms with Crippen LogP contribution in [0.2, 0.25) is 0 Å². The molecule has 1 N–H and O–H groups in total. The largest absolute Gasteiger partial charge is 0.357 e. The Morgan fingerprint density at radius 3 is 2.69 bits per heavy atom. The van der Waals surface area contributed by atoms with Gasteiger partial charge in [-0.05, 0) is 43.9 Å². The predicted molar refractivity (Wildman–Crippen MR) is 65.7 cm³/mol. The van der Waals surface area contributed by atoms with Crippen molar-refractivity contribution in [1.82, 2.24) is 10.3 Å². The molecule has 0 spiro atoms. The Hall–Kier alpha value is -1.09. The van der Waals surface area contributed by atoms with E-state index in [9.17, 15) is 0 Å². The SMILES string of the molecule is c1cc(N2CCCC2)ncc1[C@@H]1CCCN1. The van der Waals surface area contributed by atoms with E-state index in [0.29, 0.717) is 6.04 Å². The van der Waals surface area contributed by atoms with E-state index < -0.39 is 0 Å². The monoisotopic (exact) mass is 217 g/mol. The van der Waals surface area contributed by atoms with E-state index in [-0.39, 0.29) is 0 Å². The Balaban J connectivity index is 1.73. The molecule has 2 saturated heterocycles. The molecule has 3 heteroatoms. The van der Waals surface area contributed by atoms with Gasteiger partial charge in [-0.2, -0.15) is 0 Å². The molecule has 0 amide bonds. The van der Waals surface area contributed by atoms with E-state index in [1.807, 2.05) is 0 Å². The zero-order valence-electron chi connectivity index (χ0n) is 9.65. The second-order valence-corrected chi connectivity index (χ2v) is 4.79. The first-order chi connectivity index (χ1) is 7.93. The van der Waals surface area contributed by atoms with Crippen LogP contribution in [0.1, 0.15) is 37.3 Å². The number of rotatable bonds is 2. The van der Waals surface area contributed by atoms with E-state index in [1.165, 1.54) is 44.3 Å². The Labute approximate surface area is 96.9 Å². The third-order valence-corrected chi connectivity index (χ3v) is 3.66. The summed E-state index contributed by atoms with van der Waals surface area (Å²) in [5, 5.41) is 3.51. The van der Waals surface area contributed by atoms with Gasteiger partial charge in [-0.15, -0.1) is 0 Å². The fraction of sp³-hybridized carbons (Fsp3) is 0.615. The van der Waals surface area contributed by atoms with Gasteiger partial charge in [0.1, 0.15) is 5.82 Å². The second kappa shape index (κ2) is 4.42. The third kappa shape index (κ3) is 1.92. The molecule has 16 heavy (non-hydrogen) atoms. The van der Waals surface area contributed by atoms with Gasteiger partial charge in [0, 0.05) is 25.3 Å². The van der Waals surface area contributed by atoms with Crippen LogP contribution in [0.5, 0.6) is 0 Å². The first-order valence-corrected chi connectivity index (χ1v) is 6.38. The zero-order valence-corrected chi connectivity index (χ0v) is 9.65. The number of pyridine rings is 1. The third-order valence-electron chi connectivity index (χ3n) is 3.66. The van der Waals surface area contributed by atoms with E-state index >= 15 is 0 Å². The molecular formula is C13H19N3. The summed E-state index contributed by atoms with van der Waals surface area (Å²) in [4.78, 5) is 6.97. The van der Waals surface area contributed by atoms with E-state index in [2.05, 4.69) is 33.5 Å². The first-order valence-electron chi connectivity index (χ1n) is 6.38. The highest BCUT2D eigenvalue weighted by Gasteiger charge is 2.17. The fourth-order valence-electron chi connectivity index (χ4n) is 2.71. The van der Waals surface area contributed by atoms with E-state index in [4.69, 9.17) is 0 Å². The van der Waals surface area contributed by atoms with Gasteiger partial charge < -0.3 is 10.2 Å². The molecule has 2 aliphatic rings. The molecule has 2 fully saturated rings. The molecule has 1 atom stereocenters. The molecule has 0 radical (unpaired) electrons. The van der Waals surface area contributed by atoms with Crippen LogP contribution in [0.3, 0.4) is 0 Å². The Bertz CT molecular complexity index is 300. The number of hydrogen-bond donors (Lipinski definition) is 1.